The fourth-order valence-corrected chi connectivity index (χ4v) is 4.44. The molecule has 0 atom stereocenters. The summed E-state index contributed by atoms with van der Waals surface area (Å²) in [4.78, 5) is 16.7. The minimum absolute atomic E-state index is 0.0105. The molecule has 0 aliphatic carbocycles. The quantitative estimate of drug-likeness (QED) is 0.330. The Morgan fingerprint density at radius 1 is 1.03 bits per heavy atom. The molecule has 1 amide bonds. The van der Waals surface area contributed by atoms with E-state index in [1.807, 2.05) is 30.3 Å². The van der Waals surface area contributed by atoms with Crippen molar-refractivity contribution in [3.63, 3.8) is 0 Å². The Labute approximate surface area is 214 Å². The van der Waals surface area contributed by atoms with Crippen LogP contribution in [0.5, 0.6) is 17.2 Å². The maximum Gasteiger partial charge on any atom is 0.283 e. The molecule has 9 nitrogen and oxygen atoms in total. The van der Waals surface area contributed by atoms with E-state index in [1.165, 1.54) is 16.8 Å². The third-order valence-corrected chi connectivity index (χ3v) is 6.15. The Morgan fingerprint density at radius 2 is 1.81 bits per heavy atom. The number of ether oxygens (including phenoxy) is 4. The van der Waals surface area contributed by atoms with Gasteiger partial charge < -0.3 is 18.9 Å². The molecule has 1 N–H and O–H groups in total. The van der Waals surface area contributed by atoms with E-state index < -0.39 is 5.91 Å². The highest BCUT2D eigenvalue weighted by Gasteiger charge is 2.35. The van der Waals surface area contributed by atoms with Crippen LogP contribution in [-0.2, 0) is 9.53 Å². The van der Waals surface area contributed by atoms with E-state index in [0.29, 0.717) is 48.7 Å². The minimum atomic E-state index is -0.459. The topological polar surface area (TPSA) is 106 Å². The van der Waals surface area contributed by atoms with Crippen LogP contribution in [0.25, 0.3) is 6.08 Å². The van der Waals surface area contributed by atoms with Crippen LogP contribution >= 0.6 is 11.8 Å². The molecule has 10 heteroatoms. The van der Waals surface area contributed by atoms with Gasteiger partial charge in [0.2, 0.25) is 5.17 Å². The number of carbonyl (C=O) groups is 1. The zero-order valence-electron chi connectivity index (χ0n) is 20.2. The van der Waals surface area contributed by atoms with Crippen molar-refractivity contribution in [3.05, 3.63) is 59.7 Å². The van der Waals surface area contributed by atoms with Gasteiger partial charge in [0.1, 0.15) is 24.0 Å². The van der Waals surface area contributed by atoms with Gasteiger partial charge in [-0.3, -0.25) is 10.2 Å². The minimum Gasteiger partial charge on any atom is -0.493 e. The SMILES string of the molecule is CCCC1=NN2C(=N)/C(=C/c3ccc(OCCOCCOc4ccccc4)c(OC)c3)C(=O)N=C2S1. The Balaban J connectivity index is 1.31. The second kappa shape index (κ2) is 12.4. The molecule has 2 heterocycles. The van der Waals surface area contributed by atoms with Crippen LogP contribution in [0.3, 0.4) is 0 Å². The van der Waals surface area contributed by atoms with E-state index in [0.717, 1.165) is 23.6 Å². The van der Waals surface area contributed by atoms with E-state index in [2.05, 4.69) is 17.0 Å². The van der Waals surface area contributed by atoms with Crippen LogP contribution in [0.4, 0.5) is 0 Å². The number of carbonyl (C=O) groups excluding carboxylic acids is 1. The lowest BCUT2D eigenvalue weighted by Crippen LogP contribution is -2.35. The summed E-state index contributed by atoms with van der Waals surface area (Å²) in [7, 11) is 1.55. The van der Waals surface area contributed by atoms with Gasteiger partial charge >= 0.3 is 0 Å². The van der Waals surface area contributed by atoms with Crippen molar-refractivity contribution in [3.8, 4) is 17.2 Å². The van der Waals surface area contributed by atoms with Gasteiger partial charge in [0.15, 0.2) is 17.3 Å². The van der Waals surface area contributed by atoms with Crippen LogP contribution in [0.2, 0.25) is 0 Å². The van der Waals surface area contributed by atoms with Crippen LogP contribution in [0.15, 0.2) is 64.2 Å². The highest BCUT2D eigenvalue weighted by atomic mass is 32.2. The fraction of sp³-hybridized carbons (Fsp3) is 0.308. The molecular weight excluding hydrogens is 480 g/mol. The molecule has 0 spiro atoms. The first-order chi connectivity index (χ1) is 17.6. The molecule has 0 bridgehead atoms. The van der Waals surface area contributed by atoms with Gasteiger partial charge in [0.25, 0.3) is 5.91 Å². The summed E-state index contributed by atoms with van der Waals surface area (Å²) in [5.74, 6) is 1.42. The number of hydrogen-bond donors (Lipinski definition) is 1. The molecule has 0 saturated heterocycles. The van der Waals surface area contributed by atoms with Crippen molar-refractivity contribution >= 4 is 39.8 Å². The molecule has 2 aromatic carbocycles. The molecule has 0 unspecified atom stereocenters. The Bertz CT molecular complexity index is 1200. The number of benzene rings is 2. The normalized spacial score (nSPS) is 16.1. The first kappa shape index (κ1) is 25.5. The van der Waals surface area contributed by atoms with Crippen molar-refractivity contribution in [1.29, 1.82) is 5.41 Å². The van der Waals surface area contributed by atoms with Gasteiger partial charge in [-0.15, -0.1) is 0 Å². The molecule has 0 radical (unpaired) electrons. The lowest BCUT2D eigenvalue weighted by atomic mass is 10.1. The van der Waals surface area contributed by atoms with Gasteiger partial charge in [-0.25, -0.2) is 0 Å². The van der Waals surface area contributed by atoms with Gasteiger partial charge in [-0.1, -0.05) is 31.2 Å². The summed E-state index contributed by atoms with van der Waals surface area (Å²) in [6, 6.07) is 14.9. The number of aliphatic imine (C=N–C) groups is 1. The van der Waals surface area contributed by atoms with Gasteiger partial charge in [-0.05, 0) is 60.5 Å². The number of amidine groups is 2. The number of methoxy groups -OCH3 is 1. The summed E-state index contributed by atoms with van der Waals surface area (Å²) < 4.78 is 22.4. The van der Waals surface area contributed by atoms with Crippen molar-refractivity contribution < 1.29 is 23.7 Å². The molecule has 2 aliphatic heterocycles. The number of thioether (sulfide) groups is 1. The Kier molecular flexibility index (Phi) is 8.75. The molecule has 36 heavy (non-hydrogen) atoms. The molecule has 4 rings (SSSR count). The van der Waals surface area contributed by atoms with E-state index in [-0.39, 0.29) is 11.4 Å². The number of nitrogens with zero attached hydrogens (tertiary/aromatic N) is 3. The van der Waals surface area contributed by atoms with Gasteiger partial charge in [0.05, 0.1) is 25.9 Å². The number of nitrogens with one attached hydrogen (secondary N) is 1. The Hall–Kier alpha value is -3.63. The van der Waals surface area contributed by atoms with Crippen LogP contribution in [0.1, 0.15) is 25.3 Å². The largest absolute Gasteiger partial charge is 0.493 e. The molecule has 2 aliphatic rings. The number of para-hydroxylation sites is 1. The fourth-order valence-electron chi connectivity index (χ4n) is 3.45. The molecule has 0 saturated carbocycles. The van der Waals surface area contributed by atoms with E-state index >= 15 is 0 Å². The number of hydrogen-bond acceptors (Lipinski definition) is 8. The highest BCUT2D eigenvalue weighted by Crippen LogP contribution is 2.32. The molecule has 0 aromatic heterocycles. The summed E-state index contributed by atoms with van der Waals surface area (Å²) in [6.45, 7) is 3.70. The van der Waals surface area contributed by atoms with Crippen molar-refractivity contribution in [2.75, 3.05) is 33.5 Å². The standard InChI is InChI=1S/C26H28N4O5S/c1-3-7-23-29-30-24(27)20(25(31)28-26(30)36-23)16-18-10-11-21(22(17-18)32-2)35-15-13-33-12-14-34-19-8-5-4-6-9-19/h4-6,8-11,16-17,27H,3,7,12-15H2,1-2H3/b20-16-,27-24?. The first-order valence-corrected chi connectivity index (χ1v) is 12.5. The van der Waals surface area contributed by atoms with Gasteiger partial charge in [0, 0.05) is 0 Å². The lowest BCUT2D eigenvalue weighted by Gasteiger charge is -2.20. The first-order valence-electron chi connectivity index (χ1n) is 11.6. The second-order valence-corrected chi connectivity index (χ2v) is 8.84. The van der Waals surface area contributed by atoms with Crippen molar-refractivity contribution in [2.24, 2.45) is 10.1 Å². The van der Waals surface area contributed by atoms with Crippen LogP contribution < -0.4 is 14.2 Å². The highest BCUT2D eigenvalue weighted by molar-refractivity contribution is 8.26. The summed E-state index contributed by atoms with van der Waals surface area (Å²) >= 11 is 1.34. The number of hydrazone groups is 1. The van der Waals surface area contributed by atoms with Gasteiger partial charge in [-0.2, -0.15) is 15.1 Å². The number of amides is 1. The molecular formula is C26H28N4O5S. The van der Waals surface area contributed by atoms with Crippen molar-refractivity contribution in [1.82, 2.24) is 5.01 Å². The number of rotatable bonds is 12. The maximum absolute atomic E-state index is 12.6. The summed E-state index contributed by atoms with van der Waals surface area (Å²) in [5, 5.41) is 15.6. The maximum atomic E-state index is 12.6. The van der Waals surface area contributed by atoms with E-state index in [1.54, 1.807) is 31.4 Å². The predicted octanol–water partition coefficient (Wildman–Crippen LogP) is 4.59. The van der Waals surface area contributed by atoms with Crippen LogP contribution in [0, 0.1) is 5.41 Å². The van der Waals surface area contributed by atoms with Crippen LogP contribution in [-0.4, -0.2) is 60.5 Å². The predicted molar refractivity (Wildman–Crippen MR) is 141 cm³/mol. The third kappa shape index (κ3) is 6.32. The third-order valence-electron chi connectivity index (χ3n) is 5.18. The summed E-state index contributed by atoms with van der Waals surface area (Å²) in [6.07, 6.45) is 3.33. The zero-order chi connectivity index (χ0) is 25.3. The number of fused-ring (bicyclic) bond motifs is 1. The zero-order valence-corrected chi connectivity index (χ0v) is 21.0. The average Bonchev–Trinajstić information content (AvgIpc) is 3.29. The molecule has 2 aromatic rings. The van der Waals surface area contributed by atoms with Crippen molar-refractivity contribution in [2.45, 2.75) is 19.8 Å². The molecule has 0 fully saturated rings. The smallest absolute Gasteiger partial charge is 0.283 e. The van der Waals surface area contributed by atoms with E-state index in [4.69, 9.17) is 24.4 Å². The average molecular weight is 509 g/mol. The second-order valence-electron chi connectivity index (χ2n) is 7.80. The van der Waals surface area contributed by atoms with E-state index in [9.17, 15) is 4.79 Å². The monoisotopic (exact) mass is 508 g/mol. The Morgan fingerprint density at radius 3 is 2.56 bits per heavy atom. The summed E-state index contributed by atoms with van der Waals surface area (Å²) in [5.41, 5.74) is 0.854. The molecule has 188 valence electrons. The lowest BCUT2D eigenvalue weighted by molar-refractivity contribution is -0.114.